The highest BCUT2D eigenvalue weighted by Gasteiger charge is 2.32. The second kappa shape index (κ2) is 7.54. The molecule has 0 bridgehead atoms. The summed E-state index contributed by atoms with van der Waals surface area (Å²) in [5, 5.41) is 4.66. The highest BCUT2D eigenvalue weighted by Crippen LogP contribution is 2.26. The molecule has 1 fully saturated rings. The van der Waals surface area contributed by atoms with E-state index in [1.807, 2.05) is 6.92 Å². The lowest BCUT2D eigenvalue weighted by Gasteiger charge is -2.30. The van der Waals surface area contributed by atoms with Crippen molar-refractivity contribution in [1.29, 1.82) is 0 Å². The molecule has 8 heteroatoms. The van der Waals surface area contributed by atoms with Gasteiger partial charge in [-0.1, -0.05) is 6.07 Å². The van der Waals surface area contributed by atoms with Crippen molar-refractivity contribution >= 4 is 27.3 Å². The van der Waals surface area contributed by atoms with Gasteiger partial charge in [0.1, 0.15) is 4.21 Å². The number of piperidine rings is 1. The number of amides is 1. The van der Waals surface area contributed by atoms with Crippen LogP contribution in [0, 0.1) is 5.92 Å². The summed E-state index contributed by atoms with van der Waals surface area (Å²) in [6.07, 6.45) is 1.10. The van der Waals surface area contributed by atoms with Crippen LogP contribution in [0.4, 0.5) is 0 Å². The minimum atomic E-state index is -3.40. The Morgan fingerprint density at radius 2 is 2.18 bits per heavy atom. The molecule has 124 valence electrons. The van der Waals surface area contributed by atoms with Gasteiger partial charge >= 0.3 is 0 Å². The van der Waals surface area contributed by atoms with E-state index >= 15 is 0 Å². The van der Waals surface area contributed by atoms with E-state index in [0.717, 1.165) is 0 Å². The summed E-state index contributed by atoms with van der Waals surface area (Å²) in [6, 6.07) is 3.31. The van der Waals surface area contributed by atoms with Crippen LogP contribution in [0.1, 0.15) is 19.8 Å². The molecular weight excluding hydrogens is 324 g/mol. The van der Waals surface area contributed by atoms with Crippen LogP contribution in [-0.4, -0.2) is 51.5 Å². The highest BCUT2D eigenvalue weighted by atomic mass is 32.2. The van der Waals surface area contributed by atoms with E-state index in [1.54, 1.807) is 24.6 Å². The second-order valence-electron chi connectivity index (χ2n) is 5.48. The molecule has 1 aromatic heterocycles. The molecule has 1 amide bonds. The standard InChI is InChI=1S/C14H22N2O4S2/c1-11(10-20-2)15-14(17)12-5-7-16(8-6-12)22(18,19)13-4-3-9-21-13/h3-4,9,11-12H,5-8,10H2,1-2H3,(H,15,17)/t11-/m1/s1. The molecule has 1 atom stereocenters. The zero-order chi connectivity index (χ0) is 16.2. The van der Waals surface area contributed by atoms with Crippen LogP contribution in [0.25, 0.3) is 0 Å². The number of sulfonamides is 1. The number of methoxy groups -OCH3 is 1. The van der Waals surface area contributed by atoms with Gasteiger partial charge in [-0.05, 0) is 31.2 Å². The normalized spacial score (nSPS) is 19.0. The quantitative estimate of drug-likeness (QED) is 0.842. The minimum absolute atomic E-state index is 0.0160. The van der Waals surface area contributed by atoms with Gasteiger partial charge in [0.05, 0.1) is 6.61 Å². The summed E-state index contributed by atoms with van der Waals surface area (Å²) in [5.41, 5.74) is 0. The van der Waals surface area contributed by atoms with Crippen molar-refractivity contribution in [2.24, 2.45) is 5.92 Å². The largest absolute Gasteiger partial charge is 0.383 e. The average Bonchev–Trinajstić information content (AvgIpc) is 3.02. The maximum Gasteiger partial charge on any atom is 0.252 e. The third-order valence-electron chi connectivity index (χ3n) is 3.72. The van der Waals surface area contributed by atoms with Gasteiger partial charge in [-0.2, -0.15) is 4.31 Å². The van der Waals surface area contributed by atoms with E-state index in [0.29, 0.717) is 36.7 Å². The number of hydrogen-bond acceptors (Lipinski definition) is 5. The van der Waals surface area contributed by atoms with Crippen LogP contribution in [-0.2, 0) is 19.6 Å². The van der Waals surface area contributed by atoms with Crippen molar-refractivity contribution < 1.29 is 17.9 Å². The van der Waals surface area contributed by atoms with Crippen molar-refractivity contribution in [2.45, 2.75) is 30.0 Å². The summed E-state index contributed by atoms with van der Waals surface area (Å²) in [4.78, 5) is 12.1. The highest BCUT2D eigenvalue weighted by molar-refractivity contribution is 7.91. The number of hydrogen-bond donors (Lipinski definition) is 1. The van der Waals surface area contributed by atoms with Crippen LogP contribution in [0.5, 0.6) is 0 Å². The van der Waals surface area contributed by atoms with Gasteiger partial charge < -0.3 is 10.1 Å². The Hall–Kier alpha value is -0.960. The van der Waals surface area contributed by atoms with Gasteiger partial charge in [-0.15, -0.1) is 11.3 Å². The second-order valence-corrected chi connectivity index (χ2v) is 8.59. The molecule has 22 heavy (non-hydrogen) atoms. The number of ether oxygens (including phenoxy) is 1. The molecule has 0 radical (unpaired) electrons. The summed E-state index contributed by atoms with van der Waals surface area (Å²) < 4.78 is 31.6. The summed E-state index contributed by atoms with van der Waals surface area (Å²) in [6.45, 7) is 3.13. The van der Waals surface area contributed by atoms with E-state index in [4.69, 9.17) is 4.74 Å². The first-order valence-corrected chi connectivity index (χ1v) is 9.60. The Morgan fingerprint density at radius 3 is 2.73 bits per heavy atom. The molecule has 1 saturated heterocycles. The van der Waals surface area contributed by atoms with E-state index in [9.17, 15) is 13.2 Å². The lowest BCUT2D eigenvalue weighted by atomic mass is 9.97. The molecular formula is C14H22N2O4S2. The Balaban J connectivity index is 1.89. The Labute approximate surface area is 135 Å². The first kappa shape index (κ1) is 17.4. The minimum Gasteiger partial charge on any atom is -0.383 e. The fourth-order valence-corrected chi connectivity index (χ4v) is 5.16. The monoisotopic (exact) mass is 346 g/mol. The first-order chi connectivity index (χ1) is 10.4. The van der Waals surface area contributed by atoms with Crippen LogP contribution >= 0.6 is 11.3 Å². The van der Waals surface area contributed by atoms with E-state index in [2.05, 4.69) is 5.32 Å². The molecule has 1 aliphatic heterocycles. The van der Waals surface area contributed by atoms with Gasteiger partial charge in [-0.3, -0.25) is 4.79 Å². The molecule has 0 aromatic carbocycles. The summed E-state index contributed by atoms with van der Waals surface area (Å²) in [7, 11) is -1.81. The molecule has 0 unspecified atom stereocenters. The van der Waals surface area contributed by atoms with Gasteiger partial charge in [0, 0.05) is 32.2 Å². The lowest BCUT2D eigenvalue weighted by Crippen LogP contribution is -2.45. The predicted octanol–water partition coefficient (Wildman–Crippen LogP) is 1.30. The van der Waals surface area contributed by atoms with Crippen molar-refractivity contribution in [1.82, 2.24) is 9.62 Å². The van der Waals surface area contributed by atoms with E-state index < -0.39 is 10.0 Å². The zero-order valence-corrected chi connectivity index (χ0v) is 14.5. The molecule has 6 nitrogen and oxygen atoms in total. The smallest absolute Gasteiger partial charge is 0.252 e. The lowest BCUT2D eigenvalue weighted by molar-refractivity contribution is -0.127. The van der Waals surface area contributed by atoms with Crippen LogP contribution in [0.15, 0.2) is 21.7 Å². The predicted molar refractivity (Wildman–Crippen MR) is 85.3 cm³/mol. The van der Waals surface area contributed by atoms with Gasteiger partial charge in [-0.25, -0.2) is 8.42 Å². The maximum absolute atomic E-state index is 12.4. The SMILES string of the molecule is COC[C@@H](C)NC(=O)C1CCN(S(=O)(=O)c2cccs2)CC1. The molecule has 1 aromatic rings. The number of thiophene rings is 1. The number of nitrogens with zero attached hydrogens (tertiary/aromatic N) is 1. The Kier molecular flexibility index (Phi) is 5.96. The Bertz CT molecular complexity index is 578. The molecule has 0 spiro atoms. The fraction of sp³-hybridized carbons (Fsp3) is 0.643. The van der Waals surface area contributed by atoms with Crippen molar-refractivity contribution in [2.75, 3.05) is 26.8 Å². The maximum atomic E-state index is 12.4. The number of nitrogens with one attached hydrogen (secondary N) is 1. The number of carbonyl (C=O) groups excluding carboxylic acids is 1. The average molecular weight is 346 g/mol. The third-order valence-corrected chi connectivity index (χ3v) is 6.99. The molecule has 2 rings (SSSR count). The third kappa shape index (κ3) is 4.07. The first-order valence-electron chi connectivity index (χ1n) is 7.28. The van der Waals surface area contributed by atoms with Crippen LogP contribution in [0.2, 0.25) is 0 Å². The van der Waals surface area contributed by atoms with Crippen LogP contribution in [0.3, 0.4) is 0 Å². The number of carbonyl (C=O) groups is 1. The fourth-order valence-electron chi connectivity index (χ4n) is 2.55. The van der Waals surface area contributed by atoms with E-state index in [1.165, 1.54) is 15.6 Å². The van der Waals surface area contributed by atoms with Crippen LogP contribution < -0.4 is 5.32 Å². The molecule has 0 aliphatic carbocycles. The number of rotatable bonds is 6. The van der Waals surface area contributed by atoms with Crippen molar-refractivity contribution in [3.8, 4) is 0 Å². The molecule has 2 heterocycles. The van der Waals surface area contributed by atoms with Gasteiger partial charge in [0.2, 0.25) is 5.91 Å². The van der Waals surface area contributed by atoms with Crippen molar-refractivity contribution in [3.05, 3.63) is 17.5 Å². The van der Waals surface area contributed by atoms with Gasteiger partial charge in [0.15, 0.2) is 0 Å². The summed E-state index contributed by atoms with van der Waals surface area (Å²) in [5.74, 6) is -0.146. The molecule has 0 saturated carbocycles. The molecule has 1 aliphatic rings. The zero-order valence-electron chi connectivity index (χ0n) is 12.8. The van der Waals surface area contributed by atoms with Crippen molar-refractivity contribution in [3.63, 3.8) is 0 Å². The molecule has 1 N–H and O–H groups in total. The Morgan fingerprint density at radius 1 is 1.50 bits per heavy atom. The summed E-state index contributed by atoms with van der Waals surface area (Å²) >= 11 is 1.22. The topological polar surface area (TPSA) is 75.7 Å². The van der Waals surface area contributed by atoms with E-state index in [-0.39, 0.29) is 17.9 Å². The van der Waals surface area contributed by atoms with Gasteiger partial charge in [0.25, 0.3) is 10.0 Å².